The fraction of sp³-hybridized carbons (Fsp3) is 0.381. The highest BCUT2D eigenvalue weighted by atomic mass is 16.5. The van der Waals surface area contributed by atoms with E-state index in [1.54, 1.807) is 18.2 Å². The summed E-state index contributed by atoms with van der Waals surface area (Å²) in [5, 5.41) is 21.5. The van der Waals surface area contributed by atoms with Crippen LogP contribution in [-0.2, 0) is 16.0 Å². The number of hydrogen-bond acceptors (Lipinski definition) is 5. The number of benzene rings is 1. The molecule has 0 bridgehead atoms. The molecule has 154 valence electrons. The van der Waals surface area contributed by atoms with E-state index in [4.69, 9.17) is 9.84 Å². The number of carbonyl (C=O) groups is 2. The lowest BCUT2D eigenvalue weighted by molar-refractivity contribution is -0.141. The number of pyridine rings is 1. The average molecular weight is 399 g/mol. The fourth-order valence-electron chi connectivity index (χ4n) is 3.39. The summed E-state index contributed by atoms with van der Waals surface area (Å²) in [4.78, 5) is 27.6. The Morgan fingerprint density at radius 1 is 1.34 bits per heavy atom. The van der Waals surface area contributed by atoms with Crippen molar-refractivity contribution in [1.82, 2.24) is 10.0 Å². The van der Waals surface area contributed by atoms with Gasteiger partial charge in [-0.2, -0.15) is 4.73 Å². The van der Waals surface area contributed by atoms with E-state index in [0.717, 1.165) is 15.9 Å². The maximum Gasteiger partial charge on any atom is 0.304 e. The van der Waals surface area contributed by atoms with E-state index in [1.807, 2.05) is 25.1 Å². The van der Waals surface area contributed by atoms with E-state index >= 15 is 0 Å². The van der Waals surface area contributed by atoms with Gasteiger partial charge in [-0.15, -0.1) is 0 Å². The van der Waals surface area contributed by atoms with Gasteiger partial charge in [-0.05, 0) is 48.7 Å². The predicted octanol–water partition coefficient (Wildman–Crippen LogP) is 1.92. The number of carboxylic acid groups (broad SMARTS) is 1. The third-order valence-electron chi connectivity index (χ3n) is 4.86. The second kappa shape index (κ2) is 9.27. The van der Waals surface area contributed by atoms with Crippen LogP contribution in [0.1, 0.15) is 36.9 Å². The minimum absolute atomic E-state index is 0.186. The van der Waals surface area contributed by atoms with Crippen molar-refractivity contribution in [3.05, 3.63) is 59.2 Å². The lowest BCUT2D eigenvalue weighted by Gasteiger charge is -2.15. The van der Waals surface area contributed by atoms with Crippen LogP contribution in [0.2, 0.25) is 0 Å². The van der Waals surface area contributed by atoms with E-state index in [-0.39, 0.29) is 18.4 Å². The molecule has 2 unspecified atom stereocenters. The third kappa shape index (κ3) is 5.37. The van der Waals surface area contributed by atoms with Crippen LogP contribution < -0.4 is 15.5 Å². The molecular formula is C21H25N3O5. The summed E-state index contributed by atoms with van der Waals surface area (Å²) in [7, 11) is 0. The van der Waals surface area contributed by atoms with Gasteiger partial charge in [0.15, 0.2) is 5.49 Å². The van der Waals surface area contributed by atoms with Gasteiger partial charge in [0.2, 0.25) is 5.91 Å². The second-order valence-electron chi connectivity index (χ2n) is 7.08. The highest BCUT2D eigenvalue weighted by Crippen LogP contribution is 2.29. The van der Waals surface area contributed by atoms with Crippen molar-refractivity contribution >= 4 is 11.9 Å². The zero-order chi connectivity index (χ0) is 20.8. The fourth-order valence-corrected chi connectivity index (χ4v) is 3.39. The summed E-state index contributed by atoms with van der Waals surface area (Å²) in [5.74, 6) is -1.09. The van der Waals surface area contributed by atoms with Crippen molar-refractivity contribution in [1.29, 1.82) is 0 Å². The monoisotopic (exact) mass is 399 g/mol. The van der Waals surface area contributed by atoms with Gasteiger partial charge in [0, 0.05) is 19.2 Å². The molecule has 0 spiro atoms. The minimum atomic E-state index is -0.978. The molecule has 1 aromatic heterocycles. The molecule has 0 saturated carbocycles. The van der Waals surface area contributed by atoms with Gasteiger partial charge in [-0.1, -0.05) is 12.1 Å². The van der Waals surface area contributed by atoms with Gasteiger partial charge in [0.05, 0.1) is 25.0 Å². The first-order chi connectivity index (χ1) is 13.9. The summed E-state index contributed by atoms with van der Waals surface area (Å²) in [6, 6.07) is 10.7. The molecule has 0 fully saturated rings. The van der Waals surface area contributed by atoms with Gasteiger partial charge in [-0.3, -0.25) is 14.6 Å². The lowest BCUT2D eigenvalue weighted by Crippen LogP contribution is -2.32. The first-order valence-electron chi connectivity index (χ1n) is 9.59. The molecule has 8 heteroatoms. The zero-order valence-corrected chi connectivity index (χ0v) is 16.2. The zero-order valence-electron chi connectivity index (χ0n) is 16.2. The Balaban J connectivity index is 1.61. The van der Waals surface area contributed by atoms with Gasteiger partial charge >= 0.3 is 5.97 Å². The molecular weight excluding hydrogens is 374 g/mol. The van der Waals surface area contributed by atoms with Gasteiger partial charge in [0.25, 0.3) is 0 Å². The lowest BCUT2D eigenvalue weighted by atomic mass is 9.93. The number of rotatable bonds is 7. The maximum absolute atomic E-state index is 12.3. The molecule has 0 saturated heterocycles. The molecule has 3 N–H and O–H groups in total. The molecule has 2 atom stereocenters. The Labute approximate surface area is 168 Å². The summed E-state index contributed by atoms with van der Waals surface area (Å²) in [6.07, 6.45) is 2.41. The van der Waals surface area contributed by atoms with Crippen LogP contribution in [0.15, 0.2) is 47.6 Å². The van der Waals surface area contributed by atoms with Gasteiger partial charge in [0.1, 0.15) is 5.75 Å². The molecule has 1 aliphatic heterocycles. The standard InChI is InChI=1S/C21H25N3O5/c1-14-18-13-17(29-10-4-8-22-19-5-2-3-9-24(19)28)7-6-15(18)11-16(12-20(25)26)21(27)23-14/h2-3,5-7,9,13-14,16,28H,4,8,10-12H2,1H3,(H,23,27)(H,25,26). The van der Waals surface area contributed by atoms with Gasteiger partial charge in [-0.25, -0.2) is 0 Å². The number of nitrogens with one attached hydrogen (secondary N) is 1. The number of amides is 1. The molecule has 1 aliphatic rings. The SMILES string of the molecule is CC1NC(=O)C(CC(=O)O)Cc2ccc(OCCCN=c3ccccn3O)cc21. The summed E-state index contributed by atoms with van der Waals surface area (Å²) < 4.78 is 6.78. The number of fused-ring (bicyclic) bond motifs is 1. The van der Waals surface area contributed by atoms with Crippen molar-refractivity contribution in [3.63, 3.8) is 0 Å². The van der Waals surface area contributed by atoms with Gasteiger partial charge < -0.3 is 20.4 Å². The van der Waals surface area contributed by atoms with E-state index < -0.39 is 11.9 Å². The second-order valence-corrected chi connectivity index (χ2v) is 7.08. The van der Waals surface area contributed by atoms with Crippen molar-refractivity contribution in [2.45, 2.75) is 32.2 Å². The molecule has 29 heavy (non-hydrogen) atoms. The Kier molecular flexibility index (Phi) is 6.54. The van der Waals surface area contributed by atoms with E-state index in [1.165, 1.54) is 6.20 Å². The molecule has 0 aliphatic carbocycles. The first kappa shape index (κ1) is 20.4. The largest absolute Gasteiger partial charge is 0.494 e. The van der Waals surface area contributed by atoms with E-state index in [0.29, 0.717) is 37.2 Å². The highest BCUT2D eigenvalue weighted by Gasteiger charge is 2.29. The van der Waals surface area contributed by atoms with Crippen molar-refractivity contribution < 1.29 is 24.6 Å². The molecule has 1 aromatic carbocycles. The molecule has 8 nitrogen and oxygen atoms in total. The number of hydrogen-bond donors (Lipinski definition) is 3. The van der Waals surface area contributed by atoms with E-state index in [2.05, 4.69) is 10.3 Å². The number of carboxylic acids is 1. The molecule has 3 rings (SSSR count). The number of aliphatic carboxylic acids is 1. The summed E-state index contributed by atoms with van der Waals surface area (Å²) >= 11 is 0. The summed E-state index contributed by atoms with van der Waals surface area (Å²) in [5.41, 5.74) is 2.39. The third-order valence-corrected chi connectivity index (χ3v) is 4.86. The quantitative estimate of drug-likeness (QED) is 0.486. The number of ether oxygens (including phenoxy) is 1. The molecule has 2 heterocycles. The van der Waals surface area contributed by atoms with Crippen LogP contribution in [0.25, 0.3) is 0 Å². The van der Waals surface area contributed by atoms with Crippen LogP contribution in [0.3, 0.4) is 0 Å². The van der Waals surface area contributed by atoms with Crippen LogP contribution >= 0.6 is 0 Å². The van der Waals surface area contributed by atoms with Crippen molar-refractivity contribution in [2.24, 2.45) is 10.9 Å². The van der Waals surface area contributed by atoms with E-state index in [9.17, 15) is 14.8 Å². The normalized spacial score (nSPS) is 19.2. The smallest absolute Gasteiger partial charge is 0.304 e. The Morgan fingerprint density at radius 3 is 2.93 bits per heavy atom. The minimum Gasteiger partial charge on any atom is -0.494 e. The Bertz CT molecular complexity index is 953. The topological polar surface area (TPSA) is 113 Å². The molecule has 2 aromatic rings. The van der Waals surface area contributed by atoms with Crippen LogP contribution in [-0.4, -0.2) is 40.1 Å². The summed E-state index contributed by atoms with van der Waals surface area (Å²) in [6.45, 7) is 2.86. The molecule has 0 radical (unpaired) electrons. The Hall–Kier alpha value is -3.29. The number of carbonyl (C=O) groups excluding carboxylic acids is 1. The Morgan fingerprint density at radius 2 is 2.17 bits per heavy atom. The average Bonchev–Trinajstić information content (AvgIpc) is 2.79. The predicted molar refractivity (Wildman–Crippen MR) is 105 cm³/mol. The van der Waals surface area contributed by atoms with Crippen molar-refractivity contribution in [3.8, 4) is 5.75 Å². The number of aromatic nitrogens is 1. The first-order valence-corrected chi connectivity index (χ1v) is 9.59. The maximum atomic E-state index is 12.3. The number of nitrogens with zero attached hydrogens (tertiary/aromatic N) is 2. The van der Waals surface area contributed by atoms with Crippen LogP contribution in [0.4, 0.5) is 0 Å². The van der Waals surface area contributed by atoms with Crippen LogP contribution in [0, 0.1) is 5.92 Å². The van der Waals surface area contributed by atoms with Crippen molar-refractivity contribution in [2.75, 3.05) is 13.2 Å². The van der Waals surface area contributed by atoms with Crippen LogP contribution in [0.5, 0.6) is 5.75 Å². The highest BCUT2D eigenvalue weighted by molar-refractivity contribution is 5.84. The molecule has 1 amide bonds.